The van der Waals surface area contributed by atoms with Crippen molar-refractivity contribution in [3.8, 4) is 0 Å². The van der Waals surface area contributed by atoms with Crippen LogP contribution < -0.4 is 5.32 Å². The van der Waals surface area contributed by atoms with Gasteiger partial charge in [0.25, 0.3) is 0 Å². The van der Waals surface area contributed by atoms with E-state index in [9.17, 15) is 9.59 Å². The van der Waals surface area contributed by atoms with E-state index in [0.717, 1.165) is 48.1 Å². The number of hydrogen-bond donors (Lipinski definition) is 1. The number of halogens is 1. The first-order valence-corrected chi connectivity index (χ1v) is 12.0. The average Bonchev–Trinajstić information content (AvgIpc) is 3.20. The van der Waals surface area contributed by atoms with E-state index in [1.165, 1.54) is 0 Å². The molecule has 0 atom stereocenters. The van der Waals surface area contributed by atoms with Gasteiger partial charge in [0.1, 0.15) is 5.82 Å². The average molecular weight is 474 g/mol. The summed E-state index contributed by atoms with van der Waals surface area (Å²) in [7, 11) is 0. The number of para-hydroxylation sites is 2. The largest absolute Gasteiger partial charge is 0.356 e. The van der Waals surface area contributed by atoms with E-state index >= 15 is 0 Å². The molecule has 1 N–H and O–H groups in total. The van der Waals surface area contributed by atoms with E-state index in [2.05, 4.69) is 5.32 Å². The van der Waals surface area contributed by atoms with Gasteiger partial charge in [0.2, 0.25) is 5.91 Å². The highest BCUT2D eigenvalue weighted by Crippen LogP contribution is 2.19. The predicted octanol–water partition coefficient (Wildman–Crippen LogP) is 5.64. The molecular formula is C28H28ClN3O2. The van der Waals surface area contributed by atoms with Crippen LogP contribution in [0.25, 0.3) is 11.0 Å². The summed E-state index contributed by atoms with van der Waals surface area (Å²) in [6, 6.07) is 24.7. The number of fused-ring (bicyclic) bond motifs is 1. The van der Waals surface area contributed by atoms with Crippen molar-refractivity contribution >= 4 is 34.3 Å². The highest BCUT2D eigenvalue weighted by atomic mass is 35.5. The fourth-order valence-electron chi connectivity index (χ4n) is 4.01. The third-order valence-corrected chi connectivity index (χ3v) is 6.06. The zero-order valence-electron chi connectivity index (χ0n) is 19.0. The lowest BCUT2D eigenvalue weighted by molar-refractivity contribution is -0.120. The number of amides is 1. The molecule has 4 rings (SSSR count). The molecule has 0 spiro atoms. The number of carbonyl (C=O) groups excluding carboxylic acids is 2. The van der Waals surface area contributed by atoms with Gasteiger partial charge >= 0.3 is 0 Å². The number of nitrogens with one attached hydrogen (secondary N) is 1. The van der Waals surface area contributed by atoms with Crippen molar-refractivity contribution in [2.75, 3.05) is 6.54 Å². The Morgan fingerprint density at radius 1 is 0.853 bits per heavy atom. The smallest absolute Gasteiger partial charge is 0.224 e. The maximum Gasteiger partial charge on any atom is 0.224 e. The Hall–Kier alpha value is -3.44. The van der Waals surface area contributed by atoms with Gasteiger partial charge in [0.05, 0.1) is 24.0 Å². The molecule has 0 bridgehead atoms. The molecule has 34 heavy (non-hydrogen) atoms. The fourth-order valence-corrected chi connectivity index (χ4v) is 4.14. The number of unbranched alkanes of at least 4 members (excludes halogenated alkanes) is 2. The molecule has 0 aliphatic carbocycles. The molecule has 3 aromatic carbocycles. The molecular weight excluding hydrogens is 446 g/mol. The number of aromatic nitrogens is 2. The lowest BCUT2D eigenvalue weighted by Crippen LogP contribution is -2.26. The summed E-state index contributed by atoms with van der Waals surface area (Å²) in [5.74, 6) is 1.02. The minimum Gasteiger partial charge on any atom is -0.356 e. The molecule has 0 saturated heterocycles. The van der Waals surface area contributed by atoms with Crippen molar-refractivity contribution in [3.05, 3.63) is 101 Å². The maximum absolute atomic E-state index is 12.8. The van der Waals surface area contributed by atoms with Crippen molar-refractivity contribution in [1.82, 2.24) is 14.9 Å². The summed E-state index contributed by atoms with van der Waals surface area (Å²) < 4.78 is 2.04. The summed E-state index contributed by atoms with van der Waals surface area (Å²) in [5.41, 5.74) is 3.55. The van der Waals surface area contributed by atoms with Crippen molar-refractivity contribution in [2.45, 2.75) is 38.6 Å². The van der Waals surface area contributed by atoms with Gasteiger partial charge < -0.3 is 9.88 Å². The van der Waals surface area contributed by atoms with Crippen molar-refractivity contribution in [3.63, 3.8) is 0 Å². The van der Waals surface area contributed by atoms with Gasteiger partial charge in [-0.25, -0.2) is 4.98 Å². The van der Waals surface area contributed by atoms with E-state index in [1.807, 2.05) is 71.3 Å². The van der Waals surface area contributed by atoms with Gasteiger partial charge in [-0.15, -0.1) is 0 Å². The second kappa shape index (κ2) is 11.6. The molecule has 5 nitrogen and oxygen atoms in total. The lowest BCUT2D eigenvalue weighted by atomic mass is 10.1. The standard InChI is InChI=1S/C28H28ClN3O2/c29-23-16-14-21(15-17-23)19-28(34)30-18-8-2-5-13-27-31-24-11-6-7-12-25(24)32(27)20-26(33)22-9-3-1-4-10-22/h1,3-4,6-7,9-12,14-17H,2,5,8,13,18-20H2,(H,30,34). The zero-order chi connectivity index (χ0) is 23.8. The SMILES string of the molecule is O=C(Cc1ccc(Cl)cc1)NCCCCCc1nc2ccccc2n1CC(=O)c1ccccc1. The second-order valence-corrected chi connectivity index (χ2v) is 8.79. The molecule has 1 heterocycles. The van der Waals surface area contributed by atoms with E-state index in [-0.39, 0.29) is 18.2 Å². The van der Waals surface area contributed by atoms with E-state index in [4.69, 9.17) is 16.6 Å². The molecule has 4 aromatic rings. The fraction of sp³-hybridized carbons (Fsp3) is 0.250. The quantitative estimate of drug-likeness (QED) is 0.226. The molecule has 0 unspecified atom stereocenters. The Morgan fingerprint density at radius 2 is 1.59 bits per heavy atom. The third kappa shape index (κ3) is 6.33. The van der Waals surface area contributed by atoms with Gasteiger partial charge in [-0.1, -0.05) is 72.6 Å². The minimum absolute atomic E-state index is 0.0172. The van der Waals surface area contributed by atoms with Crippen molar-refractivity contribution in [1.29, 1.82) is 0 Å². The number of ketones is 1. The molecule has 0 aliphatic rings. The van der Waals surface area contributed by atoms with Crippen LogP contribution in [0.1, 0.15) is 41.0 Å². The topological polar surface area (TPSA) is 64.0 Å². The molecule has 1 aromatic heterocycles. The van der Waals surface area contributed by atoms with Crippen LogP contribution in [0.4, 0.5) is 0 Å². The molecule has 0 radical (unpaired) electrons. The number of Topliss-reactive ketones (excluding diaryl/α,β-unsaturated/α-hetero) is 1. The minimum atomic E-state index is 0.0172. The first kappa shape index (κ1) is 23.7. The van der Waals surface area contributed by atoms with Crippen LogP contribution in [0.15, 0.2) is 78.9 Å². The number of nitrogens with zero attached hydrogens (tertiary/aromatic N) is 2. The van der Waals surface area contributed by atoms with Crippen LogP contribution in [0.2, 0.25) is 5.02 Å². The van der Waals surface area contributed by atoms with Crippen molar-refractivity contribution in [2.24, 2.45) is 0 Å². The van der Waals surface area contributed by atoms with Crippen LogP contribution in [0.5, 0.6) is 0 Å². The Kier molecular flexibility index (Phi) is 8.10. The summed E-state index contributed by atoms with van der Waals surface area (Å²) in [6.07, 6.45) is 3.95. The third-order valence-electron chi connectivity index (χ3n) is 5.81. The number of carbonyl (C=O) groups is 2. The Morgan fingerprint density at radius 3 is 2.38 bits per heavy atom. The summed E-state index contributed by atoms with van der Waals surface area (Å²) in [4.78, 5) is 29.8. The van der Waals surface area contributed by atoms with Crippen LogP contribution in [0.3, 0.4) is 0 Å². The number of rotatable bonds is 11. The first-order chi connectivity index (χ1) is 16.6. The monoisotopic (exact) mass is 473 g/mol. The van der Waals surface area contributed by atoms with Gasteiger partial charge in [-0.2, -0.15) is 0 Å². The van der Waals surface area contributed by atoms with Crippen LogP contribution in [-0.2, 0) is 24.2 Å². The zero-order valence-corrected chi connectivity index (χ0v) is 19.8. The summed E-state index contributed by atoms with van der Waals surface area (Å²) in [5, 5.41) is 3.65. The Balaban J connectivity index is 1.27. The second-order valence-electron chi connectivity index (χ2n) is 8.36. The predicted molar refractivity (Wildman–Crippen MR) is 136 cm³/mol. The van der Waals surface area contributed by atoms with Crippen molar-refractivity contribution < 1.29 is 9.59 Å². The van der Waals surface area contributed by atoms with Gasteiger partial charge in [0.15, 0.2) is 5.78 Å². The maximum atomic E-state index is 12.8. The number of aryl methyl sites for hydroxylation is 1. The lowest BCUT2D eigenvalue weighted by Gasteiger charge is -2.09. The van der Waals surface area contributed by atoms with Crippen LogP contribution >= 0.6 is 11.6 Å². The molecule has 174 valence electrons. The highest BCUT2D eigenvalue weighted by Gasteiger charge is 2.14. The molecule has 0 fully saturated rings. The number of imidazole rings is 1. The Bertz CT molecular complexity index is 1250. The van der Waals surface area contributed by atoms with Gasteiger partial charge in [-0.3, -0.25) is 9.59 Å². The van der Waals surface area contributed by atoms with E-state index < -0.39 is 0 Å². The summed E-state index contributed by atoms with van der Waals surface area (Å²) >= 11 is 5.89. The van der Waals surface area contributed by atoms with E-state index in [0.29, 0.717) is 23.6 Å². The highest BCUT2D eigenvalue weighted by molar-refractivity contribution is 6.30. The van der Waals surface area contributed by atoms with Crippen LogP contribution in [-0.4, -0.2) is 27.8 Å². The normalized spacial score (nSPS) is 11.0. The van der Waals surface area contributed by atoms with Gasteiger partial charge in [-0.05, 0) is 42.7 Å². The molecule has 1 amide bonds. The molecule has 0 saturated carbocycles. The van der Waals surface area contributed by atoms with Gasteiger partial charge in [0, 0.05) is 23.6 Å². The summed E-state index contributed by atoms with van der Waals surface area (Å²) in [6.45, 7) is 0.927. The molecule has 6 heteroatoms. The number of benzene rings is 3. The number of hydrogen-bond acceptors (Lipinski definition) is 3. The Labute approximate surface area is 204 Å². The molecule has 0 aliphatic heterocycles. The first-order valence-electron chi connectivity index (χ1n) is 11.6. The van der Waals surface area contributed by atoms with E-state index in [1.54, 1.807) is 12.1 Å². The van der Waals surface area contributed by atoms with Crippen LogP contribution in [0, 0.1) is 0 Å².